The number of carbonyl (C=O) groups is 1. The van der Waals surface area contributed by atoms with E-state index in [1.807, 2.05) is 0 Å². The summed E-state index contributed by atoms with van der Waals surface area (Å²) in [6.07, 6.45) is -0.559. The highest BCUT2D eigenvalue weighted by molar-refractivity contribution is 5.75. The predicted molar refractivity (Wildman–Crippen MR) is 53.1 cm³/mol. The molecule has 2 N–H and O–H groups in total. The fourth-order valence-corrected chi connectivity index (χ4v) is 1.23. The average Bonchev–Trinajstić information content (AvgIpc) is 2.16. The number of rotatable bonds is 3. The Balaban J connectivity index is 2.99. The first kappa shape index (κ1) is 10.7. The van der Waals surface area contributed by atoms with E-state index in [2.05, 4.69) is 0 Å². The fraction of sp³-hybridized carbons (Fsp3) is 0.364. The average molecular weight is 194 g/mol. The van der Waals surface area contributed by atoms with Crippen LogP contribution < -0.4 is 0 Å². The second-order valence-electron chi connectivity index (χ2n) is 3.41. The van der Waals surface area contributed by atoms with Crippen LogP contribution in [0.4, 0.5) is 0 Å². The molecule has 1 unspecified atom stereocenters. The summed E-state index contributed by atoms with van der Waals surface area (Å²) < 4.78 is 0. The van der Waals surface area contributed by atoms with E-state index in [-0.39, 0.29) is 0 Å². The van der Waals surface area contributed by atoms with Crippen LogP contribution in [0.3, 0.4) is 0 Å². The van der Waals surface area contributed by atoms with Crippen molar-refractivity contribution in [3.63, 3.8) is 0 Å². The highest BCUT2D eigenvalue weighted by atomic mass is 16.4. The van der Waals surface area contributed by atoms with Gasteiger partial charge in [-0.25, -0.2) is 0 Å². The topological polar surface area (TPSA) is 57.5 Å². The van der Waals surface area contributed by atoms with Crippen molar-refractivity contribution in [3.8, 4) is 0 Å². The molecule has 14 heavy (non-hydrogen) atoms. The van der Waals surface area contributed by atoms with E-state index < -0.39 is 18.0 Å². The van der Waals surface area contributed by atoms with E-state index in [0.29, 0.717) is 0 Å². The molecule has 3 nitrogen and oxygen atoms in total. The summed E-state index contributed by atoms with van der Waals surface area (Å²) in [4.78, 5) is 10.7. The first-order chi connectivity index (χ1) is 6.52. The van der Waals surface area contributed by atoms with Crippen LogP contribution in [0.15, 0.2) is 24.3 Å². The molecular weight excluding hydrogens is 180 g/mol. The maximum absolute atomic E-state index is 10.7. The van der Waals surface area contributed by atoms with Crippen molar-refractivity contribution in [1.82, 2.24) is 0 Å². The van der Waals surface area contributed by atoms with Crippen LogP contribution in [0.1, 0.15) is 37.0 Å². The molecule has 0 heterocycles. The summed E-state index contributed by atoms with van der Waals surface area (Å²) in [5.74, 6) is -1.39. The minimum Gasteiger partial charge on any atom is -0.481 e. The number of aliphatic hydroxyl groups is 1. The molecule has 76 valence electrons. The van der Waals surface area contributed by atoms with E-state index in [1.54, 1.807) is 38.1 Å². The number of hydrogen-bond acceptors (Lipinski definition) is 2. The van der Waals surface area contributed by atoms with E-state index in [4.69, 9.17) is 5.11 Å². The number of aliphatic carboxylic acids is 1. The molecule has 0 aromatic heterocycles. The van der Waals surface area contributed by atoms with Gasteiger partial charge in [-0.05, 0) is 25.0 Å². The fourth-order valence-electron chi connectivity index (χ4n) is 1.23. The van der Waals surface area contributed by atoms with Gasteiger partial charge in [0.15, 0.2) is 0 Å². The van der Waals surface area contributed by atoms with Crippen molar-refractivity contribution in [2.75, 3.05) is 0 Å². The molecule has 3 heteroatoms. The monoisotopic (exact) mass is 194 g/mol. The highest BCUT2D eigenvalue weighted by Crippen LogP contribution is 2.20. The van der Waals surface area contributed by atoms with Crippen LogP contribution in [-0.4, -0.2) is 16.2 Å². The van der Waals surface area contributed by atoms with Gasteiger partial charge in [0.05, 0.1) is 12.0 Å². The Labute approximate surface area is 83.0 Å². The summed E-state index contributed by atoms with van der Waals surface area (Å²) in [6, 6.07) is 7.02. The largest absolute Gasteiger partial charge is 0.481 e. The summed E-state index contributed by atoms with van der Waals surface area (Å²) in [7, 11) is 0. The second-order valence-corrected chi connectivity index (χ2v) is 3.41. The summed E-state index contributed by atoms with van der Waals surface area (Å²) in [5.41, 5.74) is 1.46. The lowest BCUT2D eigenvalue weighted by molar-refractivity contribution is -0.138. The highest BCUT2D eigenvalue weighted by Gasteiger charge is 2.14. The number of benzene rings is 1. The van der Waals surface area contributed by atoms with Gasteiger partial charge in [-0.2, -0.15) is 0 Å². The third kappa shape index (κ3) is 2.33. The molecule has 0 aliphatic rings. The van der Waals surface area contributed by atoms with E-state index >= 15 is 0 Å². The Bertz CT molecular complexity index is 331. The zero-order chi connectivity index (χ0) is 10.7. The van der Waals surface area contributed by atoms with Gasteiger partial charge in [-0.15, -0.1) is 0 Å². The number of hydrogen-bond donors (Lipinski definition) is 2. The van der Waals surface area contributed by atoms with Crippen molar-refractivity contribution in [1.29, 1.82) is 0 Å². The Hall–Kier alpha value is -1.35. The third-order valence-corrected chi connectivity index (χ3v) is 2.26. The molecule has 0 spiro atoms. The molecule has 0 saturated heterocycles. The molecule has 1 rings (SSSR count). The zero-order valence-corrected chi connectivity index (χ0v) is 8.27. The lowest BCUT2D eigenvalue weighted by atomic mass is 9.98. The Kier molecular flexibility index (Phi) is 3.25. The predicted octanol–water partition coefficient (Wildman–Crippen LogP) is 1.93. The minimum atomic E-state index is -0.854. The zero-order valence-electron chi connectivity index (χ0n) is 8.27. The van der Waals surface area contributed by atoms with Gasteiger partial charge in [0.25, 0.3) is 0 Å². The molecule has 1 aromatic rings. The molecule has 2 atom stereocenters. The Morgan fingerprint density at radius 3 is 2.36 bits per heavy atom. The smallest absolute Gasteiger partial charge is 0.310 e. The van der Waals surface area contributed by atoms with Crippen molar-refractivity contribution in [3.05, 3.63) is 35.4 Å². The number of carboxylic acids is 1. The molecule has 0 saturated carbocycles. The van der Waals surface area contributed by atoms with Crippen LogP contribution in [-0.2, 0) is 4.79 Å². The van der Waals surface area contributed by atoms with Crippen LogP contribution in [0.5, 0.6) is 0 Å². The van der Waals surface area contributed by atoms with Gasteiger partial charge in [0, 0.05) is 0 Å². The molecule has 0 aliphatic carbocycles. The summed E-state index contributed by atoms with van der Waals surface area (Å²) >= 11 is 0. The van der Waals surface area contributed by atoms with E-state index in [1.165, 1.54) is 0 Å². The van der Waals surface area contributed by atoms with Gasteiger partial charge >= 0.3 is 5.97 Å². The normalized spacial score (nSPS) is 14.8. The van der Waals surface area contributed by atoms with Crippen molar-refractivity contribution in [2.45, 2.75) is 25.9 Å². The molecule has 0 amide bonds. The van der Waals surface area contributed by atoms with Gasteiger partial charge in [-0.1, -0.05) is 24.3 Å². The Morgan fingerprint density at radius 2 is 1.86 bits per heavy atom. The van der Waals surface area contributed by atoms with Crippen LogP contribution in [0.25, 0.3) is 0 Å². The van der Waals surface area contributed by atoms with Gasteiger partial charge in [0.2, 0.25) is 0 Å². The third-order valence-electron chi connectivity index (χ3n) is 2.26. The van der Waals surface area contributed by atoms with Crippen molar-refractivity contribution < 1.29 is 15.0 Å². The maximum Gasteiger partial charge on any atom is 0.310 e. The van der Waals surface area contributed by atoms with Crippen molar-refractivity contribution >= 4 is 5.97 Å². The molecule has 0 radical (unpaired) electrons. The molecule has 0 fully saturated rings. The Morgan fingerprint density at radius 1 is 1.29 bits per heavy atom. The maximum atomic E-state index is 10.7. The van der Waals surface area contributed by atoms with E-state index in [9.17, 15) is 9.90 Å². The first-order valence-electron chi connectivity index (χ1n) is 4.53. The van der Waals surface area contributed by atoms with Crippen molar-refractivity contribution in [2.24, 2.45) is 0 Å². The quantitative estimate of drug-likeness (QED) is 0.773. The van der Waals surface area contributed by atoms with E-state index in [0.717, 1.165) is 11.1 Å². The SMILES string of the molecule is CC(O)c1cccc([C@H](C)C(=O)O)c1. The minimum absolute atomic E-state index is 0.534. The lowest BCUT2D eigenvalue weighted by Crippen LogP contribution is -2.07. The van der Waals surface area contributed by atoms with Crippen LogP contribution >= 0.6 is 0 Å². The summed E-state index contributed by atoms with van der Waals surface area (Å²) in [6.45, 7) is 3.29. The van der Waals surface area contributed by atoms with Crippen LogP contribution in [0, 0.1) is 0 Å². The van der Waals surface area contributed by atoms with Crippen LogP contribution in [0.2, 0.25) is 0 Å². The summed E-state index contributed by atoms with van der Waals surface area (Å²) in [5, 5.41) is 18.1. The standard InChI is InChI=1S/C11H14O3/c1-7(11(13)14)9-4-3-5-10(6-9)8(2)12/h3-8,12H,1-2H3,(H,13,14)/t7-,8?/m0/s1. The molecule has 0 bridgehead atoms. The number of aliphatic hydroxyl groups excluding tert-OH is 1. The number of carboxylic acid groups (broad SMARTS) is 1. The van der Waals surface area contributed by atoms with Gasteiger partial charge < -0.3 is 10.2 Å². The second kappa shape index (κ2) is 4.24. The molecular formula is C11H14O3. The molecule has 1 aromatic carbocycles. The molecule has 0 aliphatic heterocycles. The lowest BCUT2D eigenvalue weighted by Gasteiger charge is -2.10. The first-order valence-corrected chi connectivity index (χ1v) is 4.53. The van der Waals surface area contributed by atoms with Gasteiger partial charge in [0.1, 0.15) is 0 Å². The van der Waals surface area contributed by atoms with Gasteiger partial charge in [-0.3, -0.25) is 4.79 Å².